The minimum atomic E-state index is -5.76. The van der Waals surface area contributed by atoms with E-state index in [9.17, 15) is 38.0 Å². The predicted molar refractivity (Wildman–Crippen MR) is 107 cm³/mol. The number of rotatable bonds is 8. The van der Waals surface area contributed by atoms with E-state index in [0.717, 1.165) is 10.8 Å². The summed E-state index contributed by atoms with van der Waals surface area (Å²) in [7, 11) is -16.9. The molecular formula is C12H15FN3O14P3S. The number of nitrogens with zero attached hydrogens (tertiary/aromatic N) is 2. The highest BCUT2D eigenvalue weighted by atomic mass is 32.1. The quantitative estimate of drug-likeness (QED) is 0.121. The van der Waals surface area contributed by atoms with E-state index in [1.807, 2.05) is 0 Å². The van der Waals surface area contributed by atoms with E-state index in [1.54, 1.807) is 0 Å². The van der Waals surface area contributed by atoms with Gasteiger partial charge >= 0.3 is 23.5 Å². The number of ether oxygens (including phenoxy) is 1. The van der Waals surface area contributed by atoms with Crippen LogP contribution in [0.3, 0.4) is 0 Å². The van der Waals surface area contributed by atoms with Crippen LogP contribution < -0.4 is 5.43 Å². The Balaban J connectivity index is 1.77. The Morgan fingerprint density at radius 3 is 2.41 bits per heavy atom. The first-order valence-electron chi connectivity index (χ1n) is 8.60. The topological polar surface area (TPSA) is 260 Å². The number of pyridine rings is 1. The summed E-state index contributed by atoms with van der Waals surface area (Å²) in [5.74, 6) is -0.976. The Morgan fingerprint density at radius 2 is 1.79 bits per heavy atom. The molecule has 1 saturated heterocycles. The van der Waals surface area contributed by atoms with E-state index < -0.39 is 66.0 Å². The molecule has 1 aliphatic heterocycles. The fourth-order valence-corrected chi connectivity index (χ4v) is 6.11. The molecule has 0 spiro atoms. The third-order valence-corrected chi connectivity index (χ3v) is 8.25. The molecule has 3 unspecified atom stereocenters. The molecule has 0 amide bonds. The van der Waals surface area contributed by atoms with E-state index >= 15 is 0 Å². The first-order chi connectivity index (χ1) is 15.5. The third kappa shape index (κ3) is 6.48. The SMILES string of the molecule is O=c1cc(F)[nH]c2nc(=S)n([C@@H]3O[C@H](COP(=O)(O)OP(=O)(O)OP(=O)(O)O)C(O)[C@@H]3O)cc12. The van der Waals surface area contributed by atoms with Crippen molar-refractivity contribution in [3.63, 3.8) is 0 Å². The number of H-pyrrole nitrogens is 1. The van der Waals surface area contributed by atoms with E-state index in [2.05, 4.69) is 23.1 Å². The van der Waals surface area contributed by atoms with Gasteiger partial charge in [0, 0.05) is 12.3 Å². The van der Waals surface area contributed by atoms with Crippen LogP contribution in [0.25, 0.3) is 11.0 Å². The monoisotopic (exact) mass is 569 g/mol. The summed E-state index contributed by atoms with van der Waals surface area (Å²) in [6, 6.07) is 0.629. The molecule has 17 nitrogen and oxygen atoms in total. The van der Waals surface area contributed by atoms with E-state index in [-0.39, 0.29) is 15.8 Å². The van der Waals surface area contributed by atoms with Gasteiger partial charge in [-0.3, -0.25) is 13.9 Å². The highest BCUT2D eigenvalue weighted by Crippen LogP contribution is 2.66. The molecule has 7 N–H and O–H groups in total. The smallest absolute Gasteiger partial charge is 0.387 e. The standard InChI is InChI=1S/C12H15FN3O14P3S/c13-7-1-5(17)4-2-16(12(34)15-10(4)14-7)11-9(19)8(18)6(28-11)3-27-32(23,24)30-33(25,26)29-31(20,21)22/h1-2,6,8-9,11,18-19H,3H2,(H,23,24)(H,25,26)(H,14,15,34)(H2,20,21,22)/t6-,8?,9+,11-/m1/s1. The summed E-state index contributed by atoms with van der Waals surface area (Å²) < 4.78 is 64.6. The molecule has 0 bridgehead atoms. The maximum Gasteiger partial charge on any atom is 0.490 e. The van der Waals surface area contributed by atoms with Crippen LogP contribution in [0.2, 0.25) is 0 Å². The number of fused-ring (bicyclic) bond motifs is 1. The average molecular weight is 569 g/mol. The zero-order valence-corrected chi connectivity index (χ0v) is 19.6. The zero-order chi connectivity index (χ0) is 25.6. The number of aromatic nitrogens is 3. The number of phosphoric acid groups is 3. The Morgan fingerprint density at radius 1 is 1.15 bits per heavy atom. The number of nitrogens with one attached hydrogen (secondary N) is 1. The van der Waals surface area contributed by atoms with E-state index in [0.29, 0.717) is 6.07 Å². The normalized spacial score (nSPS) is 26.9. The predicted octanol–water partition coefficient (Wildman–Crippen LogP) is -0.444. The van der Waals surface area contributed by atoms with Gasteiger partial charge in [0.1, 0.15) is 24.0 Å². The van der Waals surface area contributed by atoms with Crippen molar-refractivity contribution in [2.24, 2.45) is 0 Å². The Labute approximate surface area is 191 Å². The summed E-state index contributed by atoms with van der Waals surface area (Å²) in [4.78, 5) is 53.6. The summed E-state index contributed by atoms with van der Waals surface area (Å²) in [6.45, 7) is -1.06. The minimum absolute atomic E-state index is 0.156. The number of hydrogen-bond acceptors (Lipinski definition) is 12. The van der Waals surface area contributed by atoms with Crippen molar-refractivity contribution >= 4 is 46.7 Å². The van der Waals surface area contributed by atoms with Crippen LogP contribution in [-0.4, -0.2) is 69.2 Å². The minimum Gasteiger partial charge on any atom is -0.387 e. The van der Waals surface area contributed by atoms with Crippen molar-refractivity contribution in [2.45, 2.75) is 24.5 Å². The summed E-state index contributed by atoms with van der Waals surface area (Å²) in [5.41, 5.74) is -0.997. The molecule has 0 aliphatic carbocycles. The van der Waals surface area contributed by atoms with Crippen molar-refractivity contribution in [1.29, 1.82) is 0 Å². The molecule has 34 heavy (non-hydrogen) atoms. The van der Waals surface area contributed by atoms with Crippen molar-refractivity contribution in [1.82, 2.24) is 14.5 Å². The second kappa shape index (κ2) is 9.65. The molecule has 22 heteroatoms. The van der Waals surface area contributed by atoms with E-state index in [1.165, 1.54) is 0 Å². The first kappa shape index (κ1) is 27.3. The number of phosphoric ester groups is 1. The highest BCUT2D eigenvalue weighted by molar-refractivity contribution is 7.71. The highest BCUT2D eigenvalue weighted by Gasteiger charge is 2.46. The van der Waals surface area contributed by atoms with Crippen LogP contribution in [0.5, 0.6) is 0 Å². The largest absolute Gasteiger partial charge is 0.490 e. The maximum atomic E-state index is 13.4. The number of aliphatic hydroxyl groups is 2. The molecule has 0 radical (unpaired) electrons. The molecule has 1 fully saturated rings. The average Bonchev–Trinajstić information content (AvgIpc) is 2.91. The molecule has 190 valence electrons. The lowest BCUT2D eigenvalue weighted by Crippen LogP contribution is -2.33. The summed E-state index contributed by atoms with van der Waals surface area (Å²) in [5, 5.41) is 20.3. The lowest BCUT2D eigenvalue weighted by molar-refractivity contribution is -0.0530. The van der Waals surface area contributed by atoms with Gasteiger partial charge in [-0.05, 0) is 12.2 Å². The molecule has 2 aromatic heterocycles. The number of halogens is 1. The molecule has 2 aromatic rings. The molecule has 1 aliphatic rings. The van der Waals surface area contributed by atoms with Crippen molar-refractivity contribution < 1.29 is 65.8 Å². The van der Waals surface area contributed by atoms with Gasteiger partial charge in [0.15, 0.2) is 17.6 Å². The van der Waals surface area contributed by atoms with Crippen molar-refractivity contribution in [3.8, 4) is 0 Å². The lowest BCUT2D eigenvalue weighted by Gasteiger charge is -2.19. The van der Waals surface area contributed by atoms with Gasteiger partial charge in [-0.15, -0.1) is 0 Å². The van der Waals surface area contributed by atoms with Crippen molar-refractivity contribution in [2.75, 3.05) is 6.61 Å². The van der Waals surface area contributed by atoms with E-state index in [4.69, 9.17) is 31.6 Å². The molecule has 3 rings (SSSR count). The van der Waals surface area contributed by atoms with Crippen LogP contribution in [0, 0.1) is 10.7 Å². The third-order valence-electron chi connectivity index (χ3n) is 4.14. The molecular weight excluding hydrogens is 554 g/mol. The van der Waals surface area contributed by atoms with Crippen LogP contribution in [0.4, 0.5) is 4.39 Å². The number of aromatic amines is 1. The van der Waals surface area contributed by atoms with Gasteiger partial charge < -0.3 is 39.5 Å². The van der Waals surface area contributed by atoms with Gasteiger partial charge in [-0.2, -0.15) is 13.0 Å². The fourth-order valence-electron chi connectivity index (χ4n) is 2.84. The zero-order valence-electron chi connectivity index (χ0n) is 16.1. The van der Waals surface area contributed by atoms with Gasteiger partial charge in [-0.1, -0.05) is 0 Å². The van der Waals surface area contributed by atoms with Gasteiger partial charge in [0.05, 0.1) is 12.0 Å². The first-order valence-corrected chi connectivity index (χ1v) is 13.5. The van der Waals surface area contributed by atoms with Gasteiger partial charge in [0.2, 0.25) is 4.77 Å². The summed E-state index contributed by atoms with van der Waals surface area (Å²) in [6.07, 6.45) is -5.61. The molecule has 6 atom stereocenters. The van der Waals surface area contributed by atoms with Gasteiger partial charge in [-0.25, -0.2) is 18.7 Å². The summed E-state index contributed by atoms with van der Waals surface area (Å²) >= 11 is 5.02. The van der Waals surface area contributed by atoms with Crippen LogP contribution in [0.1, 0.15) is 6.23 Å². The lowest BCUT2D eigenvalue weighted by atomic mass is 10.1. The van der Waals surface area contributed by atoms with Gasteiger partial charge in [0.25, 0.3) is 0 Å². The van der Waals surface area contributed by atoms with Crippen LogP contribution >= 0.6 is 35.7 Å². The van der Waals surface area contributed by atoms with Crippen LogP contribution in [-0.2, 0) is 31.6 Å². The maximum absolute atomic E-state index is 13.4. The second-order valence-electron chi connectivity index (χ2n) is 6.61. The fraction of sp³-hybridized carbons (Fsp3) is 0.417. The second-order valence-corrected chi connectivity index (χ2v) is 11.4. The Kier molecular flexibility index (Phi) is 7.75. The molecule has 0 aromatic carbocycles. The Hall–Kier alpha value is -1.27. The van der Waals surface area contributed by atoms with Crippen molar-refractivity contribution in [3.05, 3.63) is 33.2 Å². The Bertz CT molecular complexity index is 1360. The number of aliphatic hydroxyl groups excluding tert-OH is 2. The molecule has 3 heterocycles. The molecule has 0 saturated carbocycles. The van der Waals surface area contributed by atoms with Crippen LogP contribution in [0.15, 0.2) is 17.1 Å². The number of hydrogen-bond donors (Lipinski definition) is 7.